The Morgan fingerprint density at radius 2 is 1.24 bits per heavy atom. The third-order valence-corrected chi connectivity index (χ3v) is 8.77. The molecule has 0 N–H and O–H groups in total. The average Bonchev–Trinajstić information content (AvgIpc) is 2.86. The van der Waals surface area contributed by atoms with Gasteiger partial charge in [0, 0.05) is 0 Å². The Hall–Kier alpha value is -1.77. The Balaban J connectivity index is 1.31. The molecule has 2 aliphatic rings. The van der Waals surface area contributed by atoms with E-state index in [1.165, 1.54) is 6.42 Å². The number of rotatable bonds is 8. The van der Waals surface area contributed by atoms with Crippen LogP contribution in [0.4, 0.5) is 13.2 Å². The Morgan fingerprint density at radius 1 is 0.676 bits per heavy atom. The van der Waals surface area contributed by atoms with Crippen LogP contribution in [0.25, 0.3) is 0 Å². The lowest BCUT2D eigenvalue weighted by Crippen LogP contribution is -2.17. The molecule has 2 aromatic rings. The maximum Gasteiger partial charge on any atom is 0.162 e. The summed E-state index contributed by atoms with van der Waals surface area (Å²) < 4.78 is 44.4. The Kier molecular flexibility index (Phi) is 8.77. The zero-order valence-corrected chi connectivity index (χ0v) is 21.0. The second-order valence-electron chi connectivity index (χ2n) is 10.9. The van der Waals surface area contributed by atoms with Crippen molar-refractivity contribution in [2.75, 3.05) is 0 Å². The van der Waals surface area contributed by atoms with E-state index in [9.17, 15) is 4.39 Å². The minimum atomic E-state index is -0.596. The second-order valence-corrected chi connectivity index (χ2v) is 10.9. The lowest BCUT2D eigenvalue weighted by atomic mass is 9.75. The van der Waals surface area contributed by atoms with Gasteiger partial charge in [-0.15, -0.1) is 0 Å². The highest BCUT2D eigenvalue weighted by molar-refractivity contribution is 5.32. The van der Waals surface area contributed by atoms with Crippen molar-refractivity contribution in [3.05, 3.63) is 70.0 Å². The van der Waals surface area contributed by atoms with Crippen molar-refractivity contribution in [3.63, 3.8) is 0 Å². The van der Waals surface area contributed by atoms with Crippen molar-refractivity contribution < 1.29 is 13.2 Å². The lowest BCUT2D eigenvalue weighted by Gasteiger charge is -2.31. The monoisotopic (exact) mass is 470 g/mol. The zero-order valence-electron chi connectivity index (χ0n) is 21.0. The second kappa shape index (κ2) is 11.8. The van der Waals surface area contributed by atoms with Gasteiger partial charge in [0.1, 0.15) is 5.82 Å². The molecular formula is C31H41F3. The van der Waals surface area contributed by atoms with Crippen molar-refractivity contribution in [2.45, 2.75) is 109 Å². The minimum Gasteiger partial charge on any atom is -0.207 e. The quantitative estimate of drug-likeness (QED) is 0.360. The van der Waals surface area contributed by atoms with E-state index >= 15 is 8.78 Å². The summed E-state index contributed by atoms with van der Waals surface area (Å²) in [5.74, 6) is 0.342. The molecule has 0 aromatic heterocycles. The van der Waals surface area contributed by atoms with Crippen molar-refractivity contribution in [1.29, 1.82) is 0 Å². The summed E-state index contributed by atoms with van der Waals surface area (Å²) in [6.07, 6.45) is 12.9. The molecule has 34 heavy (non-hydrogen) atoms. The largest absolute Gasteiger partial charge is 0.207 e. The number of aryl methyl sites for hydroxylation is 2. The van der Waals surface area contributed by atoms with E-state index in [0.717, 1.165) is 94.1 Å². The van der Waals surface area contributed by atoms with Gasteiger partial charge in [0.15, 0.2) is 11.6 Å². The molecule has 2 aromatic carbocycles. The van der Waals surface area contributed by atoms with Gasteiger partial charge in [-0.05, 0) is 123 Å². The Labute approximate surface area is 204 Å². The SMILES string of the molecule is CCCc1ccc(CCC2CCC(c3ccc(C4CCC(CC)CC4)c(F)c3F)CC2)cc1F. The van der Waals surface area contributed by atoms with Crippen molar-refractivity contribution >= 4 is 0 Å². The van der Waals surface area contributed by atoms with E-state index in [0.29, 0.717) is 17.0 Å². The van der Waals surface area contributed by atoms with E-state index in [1.807, 2.05) is 18.2 Å². The van der Waals surface area contributed by atoms with Gasteiger partial charge in [0.25, 0.3) is 0 Å². The van der Waals surface area contributed by atoms with Crippen LogP contribution in [0.15, 0.2) is 30.3 Å². The molecule has 3 heteroatoms. The number of hydrogen-bond donors (Lipinski definition) is 0. The smallest absolute Gasteiger partial charge is 0.162 e. The highest BCUT2D eigenvalue weighted by Crippen LogP contribution is 2.42. The fraction of sp³-hybridized carbons (Fsp3) is 0.613. The van der Waals surface area contributed by atoms with E-state index in [4.69, 9.17) is 0 Å². The van der Waals surface area contributed by atoms with Gasteiger partial charge in [-0.3, -0.25) is 0 Å². The first-order valence-corrected chi connectivity index (χ1v) is 13.7. The average molecular weight is 471 g/mol. The van der Waals surface area contributed by atoms with Gasteiger partial charge in [-0.25, -0.2) is 13.2 Å². The van der Waals surface area contributed by atoms with E-state index in [-0.39, 0.29) is 17.7 Å². The van der Waals surface area contributed by atoms with Crippen LogP contribution >= 0.6 is 0 Å². The van der Waals surface area contributed by atoms with E-state index in [2.05, 4.69) is 19.9 Å². The number of hydrogen-bond acceptors (Lipinski definition) is 0. The number of halogens is 3. The molecule has 0 atom stereocenters. The third kappa shape index (κ3) is 5.89. The fourth-order valence-electron chi connectivity index (χ4n) is 6.44. The number of benzene rings is 2. The van der Waals surface area contributed by atoms with Gasteiger partial charge < -0.3 is 0 Å². The Bertz CT molecular complexity index is 934. The van der Waals surface area contributed by atoms with Crippen molar-refractivity contribution in [2.24, 2.45) is 11.8 Å². The molecule has 0 nitrogen and oxygen atoms in total. The molecule has 0 spiro atoms. The molecule has 0 saturated heterocycles. The molecule has 0 bridgehead atoms. The molecule has 2 saturated carbocycles. The predicted octanol–water partition coefficient (Wildman–Crippen LogP) is 9.65. The van der Waals surface area contributed by atoms with Crippen LogP contribution in [-0.2, 0) is 12.8 Å². The van der Waals surface area contributed by atoms with Crippen LogP contribution in [0.5, 0.6) is 0 Å². The summed E-state index contributed by atoms with van der Waals surface area (Å²) in [5, 5.41) is 0. The zero-order chi connectivity index (χ0) is 24.1. The first-order chi connectivity index (χ1) is 16.5. The van der Waals surface area contributed by atoms with Gasteiger partial charge in [0.2, 0.25) is 0 Å². The normalized spacial score (nSPS) is 25.4. The van der Waals surface area contributed by atoms with Crippen LogP contribution in [-0.4, -0.2) is 0 Å². The summed E-state index contributed by atoms with van der Waals surface area (Å²) >= 11 is 0. The molecule has 0 unspecified atom stereocenters. The summed E-state index contributed by atoms with van der Waals surface area (Å²) in [7, 11) is 0. The standard InChI is InChI=1S/C31H41F3/c1-3-5-26-17-12-23(20-29(26)32)7-6-22-10-15-25(16-11-22)28-19-18-27(30(33)31(28)34)24-13-8-21(4-2)9-14-24/h12,17-22,24-25H,3-11,13-16H2,1-2H3. The molecular weight excluding hydrogens is 429 g/mol. The van der Waals surface area contributed by atoms with Crippen molar-refractivity contribution in [1.82, 2.24) is 0 Å². The molecule has 2 aliphatic carbocycles. The van der Waals surface area contributed by atoms with E-state index in [1.54, 1.807) is 6.07 Å². The molecule has 4 rings (SSSR count). The highest BCUT2D eigenvalue weighted by atomic mass is 19.2. The van der Waals surface area contributed by atoms with Crippen LogP contribution in [0, 0.1) is 29.3 Å². The third-order valence-electron chi connectivity index (χ3n) is 8.77. The summed E-state index contributed by atoms with van der Waals surface area (Å²) in [4.78, 5) is 0. The van der Waals surface area contributed by atoms with Crippen LogP contribution < -0.4 is 0 Å². The van der Waals surface area contributed by atoms with Crippen LogP contribution in [0.3, 0.4) is 0 Å². The topological polar surface area (TPSA) is 0 Å². The molecule has 186 valence electrons. The highest BCUT2D eigenvalue weighted by Gasteiger charge is 2.29. The first-order valence-electron chi connectivity index (χ1n) is 13.7. The summed E-state index contributed by atoms with van der Waals surface area (Å²) in [6.45, 7) is 4.29. The van der Waals surface area contributed by atoms with Gasteiger partial charge >= 0.3 is 0 Å². The molecule has 0 heterocycles. The van der Waals surface area contributed by atoms with Gasteiger partial charge in [-0.2, -0.15) is 0 Å². The molecule has 0 amide bonds. The Morgan fingerprint density at radius 3 is 1.74 bits per heavy atom. The predicted molar refractivity (Wildman–Crippen MR) is 135 cm³/mol. The lowest BCUT2D eigenvalue weighted by molar-refractivity contribution is 0.301. The molecule has 2 fully saturated rings. The van der Waals surface area contributed by atoms with Gasteiger partial charge in [0.05, 0.1) is 0 Å². The van der Waals surface area contributed by atoms with E-state index < -0.39 is 11.6 Å². The maximum atomic E-state index is 15.1. The van der Waals surface area contributed by atoms with Crippen LogP contribution in [0.1, 0.15) is 119 Å². The molecule has 0 aliphatic heterocycles. The first kappa shape index (κ1) is 25.3. The molecule has 0 radical (unpaired) electrons. The summed E-state index contributed by atoms with van der Waals surface area (Å²) in [6, 6.07) is 9.46. The fourth-order valence-corrected chi connectivity index (χ4v) is 6.44. The van der Waals surface area contributed by atoms with Gasteiger partial charge in [-0.1, -0.05) is 51.0 Å². The van der Waals surface area contributed by atoms with Crippen LogP contribution in [0.2, 0.25) is 0 Å². The summed E-state index contributed by atoms with van der Waals surface area (Å²) in [5.41, 5.74) is 3.05. The maximum absolute atomic E-state index is 15.1. The minimum absolute atomic E-state index is 0.0811. The van der Waals surface area contributed by atoms with Crippen molar-refractivity contribution in [3.8, 4) is 0 Å².